The van der Waals surface area contributed by atoms with Crippen LogP contribution in [-0.2, 0) is 19.2 Å². The summed E-state index contributed by atoms with van der Waals surface area (Å²) in [6.45, 7) is 3.79. The van der Waals surface area contributed by atoms with Gasteiger partial charge in [-0.2, -0.15) is 0 Å². The number of furan rings is 1. The normalized spacial score (nSPS) is 16.6. The van der Waals surface area contributed by atoms with Crippen molar-refractivity contribution in [1.82, 2.24) is 0 Å². The highest BCUT2D eigenvalue weighted by molar-refractivity contribution is 6.43. The molecule has 5 rings (SSSR count). The number of amides is 4. The van der Waals surface area contributed by atoms with Crippen LogP contribution in [0.25, 0.3) is 23.3 Å². The van der Waals surface area contributed by atoms with Crippen LogP contribution in [-0.4, -0.2) is 23.6 Å². The number of imide groups is 2. The van der Waals surface area contributed by atoms with Crippen LogP contribution in [0.3, 0.4) is 0 Å². The number of nitrogens with zero attached hydrogens (tertiary/aromatic N) is 2. The smallest absolute Gasteiger partial charge is 0.265 e. The van der Waals surface area contributed by atoms with Crippen LogP contribution in [0.2, 0.25) is 0 Å². The van der Waals surface area contributed by atoms with Gasteiger partial charge in [0.15, 0.2) is 0 Å². The fourth-order valence-corrected chi connectivity index (χ4v) is 4.76. The van der Waals surface area contributed by atoms with Gasteiger partial charge in [-0.05, 0) is 43.2 Å². The highest BCUT2D eigenvalue weighted by Gasteiger charge is 2.37. The molecule has 0 radical (unpaired) electrons. The van der Waals surface area contributed by atoms with Crippen molar-refractivity contribution in [2.75, 3.05) is 9.80 Å². The molecule has 7 heteroatoms. The number of carbonyl (C=O) groups is 4. The summed E-state index contributed by atoms with van der Waals surface area (Å²) in [4.78, 5) is 54.6. The first kappa shape index (κ1) is 24.2. The predicted octanol–water partition coefficient (Wildman–Crippen LogP) is 5.71. The van der Waals surface area contributed by atoms with Gasteiger partial charge in [0.25, 0.3) is 11.8 Å². The number of anilines is 2. The van der Waals surface area contributed by atoms with Crippen LogP contribution in [0, 0.1) is 0 Å². The lowest BCUT2D eigenvalue weighted by molar-refractivity contribution is -0.125. The zero-order chi connectivity index (χ0) is 26.1. The summed E-state index contributed by atoms with van der Waals surface area (Å²) in [6.07, 6.45) is 6.57. The molecule has 0 spiro atoms. The summed E-state index contributed by atoms with van der Waals surface area (Å²) in [5, 5.41) is 0. The third kappa shape index (κ3) is 4.12. The van der Waals surface area contributed by atoms with Crippen LogP contribution in [0.4, 0.5) is 11.4 Å². The number of hydrogen-bond acceptors (Lipinski definition) is 5. The van der Waals surface area contributed by atoms with E-state index in [0.29, 0.717) is 57.8 Å². The summed E-state index contributed by atoms with van der Waals surface area (Å²) in [7, 11) is 0. The summed E-state index contributed by atoms with van der Waals surface area (Å²) in [6, 6.07) is 16.0. The lowest BCUT2D eigenvalue weighted by Crippen LogP contribution is -2.33. The van der Waals surface area contributed by atoms with Crippen molar-refractivity contribution in [3.05, 3.63) is 83.3 Å². The molecule has 2 aromatic carbocycles. The maximum absolute atomic E-state index is 13.3. The van der Waals surface area contributed by atoms with Gasteiger partial charge in [0.05, 0.1) is 28.8 Å². The topological polar surface area (TPSA) is 87.9 Å². The molecule has 4 amide bonds. The fourth-order valence-electron chi connectivity index (χ4n) is 4.76. The Bertz CT molecular complexity index is 1380. The van der Waals surface area contributed by atoms with Crippen LogP contribution < -0.4 is 9.80 Å². The molecule has 7 nitrogen and oxygen atoms in total. The number of hydrogen-bond donors (Lipinski definition) is 0. The van der Waals surface area contributed by atoms with Crippen LogP contribution >= 0.6 is 0 Å². The maximum atomic E-state index is 13.3. The highest BCUT2D eigenvalue weighted by atomic mass is 16.3. The highest BCUT2D eigenvalue weighted by Crippen LogP contribution is 2.41. The van der Waals surface area contributed by atoms with Crippen molar-refractivity contribution in [3.63, 3.8) is 0 Å². The Labute approximate surface area is 214 Å². The zero-order valence-corrected chi connectivity index (χ0v) is 20.7. The minimum absolute atomic E-state index is 0.247. The van der Waals surface area contributed by atoms with Crippen molar-refractivity contribution in [1.29, 1.82) is 0 Å². The minimum Gasteiger partial charge on any atom is -0.464 e. The standard InChI is InChI=1S/C30H26N2O5/c1-3-9-27(33)31-24-13-7-5-11-20(24)22(29(31)35)17-19-15-16-37-26(19)18-23-21-12-6-8-14-25(21)32(30(23)36)28(34)10-4-2/h5-8,11-18H,3-4,9-10H2,1-2H3. The molecule has 0 unspecified atom stereocenters. The van der Waals surface area contributed by atoms with Gasteiger partial charge in [0, 0.05) is 29.5 Å². The van der Waals surface area contributed by atoms with E-state index in [1.807, 2.05) is 32.0 Å². The molecule has 0 bridgehead atoms. The molecule has 0 atom stereocenters. The van der Waals surface area contributed by atoms with Crippen LogP contribution in [0.1, 0.15) is 62.0 Å². The van der Waals surface area contributed by atoms with Crippen molar-refractivity contribution in [3.8, 4) is 0 Å². The molecule has 0 aliphatic carbocycles. The summed E-state index contributed by atoms with van der Waals surface area (Å²) in [5.41, 5.74) is 3.71. The van der Waals surface area contributed by atoms with E-state index in [4.69, 9.17) is 4.42 Å². The predicted molar refractivity (Wildman–Crippen MR) is 142 cm³/mol. The minimum atomic E-state index is -0.409. The van der Waals surface area contributed by atoms with Gasteiger partial charge in [0.2, 0.25) is 11.8 Å². The molecule has 37 heavy (non-hydrogen) atoms. The third-order valence-electron chi connectivity index (χ3n) is 6.47. The first-order valence-electron chi connectivity index (χ1n) is 12.4. The van der Waals surface area contributed by atoms with E-state index in [0.717, 1.165) is 0 Å². The summed E-state index contributed by atoms with van der Waals surface area (Å²) in [5.74, 6) is -0.927. The van der Waals surface area contributed by atoms with Gasteiger partial charge in [-0.25, -0.2) is 9.80 Å². The van der Waals surface area contributed by atoms with E-state index in [9.17, 15) is 19.2 Å². The quantitative estimate of drug-likeness (QED) is 0.410. The van der Waals surface area contributed by atoms with E-state index >= 15 is 0 Å². The molecule has 2 aliphatic heterocycles. The zero-order valence-electron chi connectivity index (χ0n) is 20.7. The molecular formula is C30H26N2O5. The molecule has 0 fully saturated rings. The van der Waals surface area contributed by atoms with Gasteiger partial charge in [0.1, 0.15) is 5.76 Å². The number of fused-ring (bicyclic) bond motifs is 2. The second kappa shape index (κ2) is 9.85. The number of para-hydroxylation sites is 2. The average Bonchev–Trinajstić information content (AvgIpc) is 3.53. The van der Waals surface area contributed by atoms with E-state index in [2.05, 4.69) is 0 Å². The van der Waals surface area contributed by atoms with Gasteiger partial charge in [-0.3, -0.25) is 19.2 Å². The Hall–Kier alpha value is -4.52. The number of rotatable bonds is 6. The molecular weight excluding hydrogens is 468 g/mol. The first-order valence-corrected chi connectivity index (χ1v) is 12.4. The van der Waals surface area contributed by atoms with Crippen molar-refractivity contribution >= 4 is 58.3 Å². The Balaban J connectivity index is 1.56. The molecule has 0 N–H and O–H groups in total. The van der Waals surface area contributed by atoms with Gasteiger partial charge in [-0.15, -0.1) is 0 Å². The van der Waals surface area contributed by atoms with Crippen LogP contribution in [0.15, 0.2) is 65.3 Å². The van der Waals surface area contributed by atoms with Crippen molar-refractivity contribution in [2.24, 2.45) is 0 Å². The van der Waals surface area contributed by atoms with Gasteiger partial charge in [-0.1, -0.05) is 50.2 Å². The lowest BCUT2D eigenvalue weighted by Gasteiger charge is -2.14. The molecule has 3 aromatic rings. The van der Waals surface area contributed by atoms with Gasteiger partial charge < -0.3 is 4.42 Å². The Kier molecular flexibility index (Phi) is 6.44. The van der Waals surface area contributed by atoms with Gasteiger partial charge >= 0.3 is 0 Å². The molecule has 2 aliphatic rings. The summed E-state index contributed by atoms with van der Waals surface area (Å²) < 4.78 is 5.71. The van der Waals surface area contributed by atoms with Crippen molar-refractivity contribution < 1.29 is 23.6 Å². The average molecular weight is 495 g/mol. The monoisotopic (exact) mass is 494 g/mol. The maximum Gasteiger partial charge on any atom is 0.265 e. The Morgan fingerprint density at radius 1 is 0.730 bits per heavy atom. The van der Waals surface area contributed by atoms with E-state index in [1.165, 1.54) is 16.1 Å². The Morgan fingerprint density at radius 2 is 1.22 bits per heavy atom. The van der Waals surface area contributed by atoms with E-state index in [-0.39, 0.29) is 24.7 Å². The third-order valence-corrected chi connectivity index (χ3v) is 6.47. The summed E-state index contributed by atoms with van der Waals surface area (Å²) >= 11 is 0. The molecule has 186 valence electrons. The number of benzene rings is 2. The lowest BCUT2D eigenvalue weighted by atomic mass is 10.0. The molecule has 1 aromatic heterocycles. The van der Waals surface area contributed by atoms with E-state index < -0.39 is 11.8 Å². The fraction of sp³-hybridized carbons (Fsp3) is 0.200. The van der Waals surface area contributed by atoms with Crippen molar-refractivity contribution in [2.45, 2.75) is 39.5 Å². The molecule has 0 saturated carbocycles. The SMILES string of the molecule is CCCC(=O)N1C(=O)C(=Cc2ccoc2C=C2C(=O)N(C(=O)CCC)c3ccccc32)c2ccccc21. The van der Waals surface area contributed by atoms with E-state index in [1.54, 1.807) is 48.6 Å². The second-order valence-electron chi connectivity index (χ2n) is 8.96. The molecule has 3 heterocycles. The molecule has 0 saturated heterocycles. The number of carbonyl (C=O) groups excluding carboxylic acids is 4. The Morgan fingerprint density at radius 3 is 1.73 bits per heavy atom. The first-order chi connectivity index (χ1) is 18.0. The van der Waals surface area contributed by atoms with Crippen LogP contribution in [0.5, 0.6) is 0 Å². The largest absolute Gasteiger partial charge is 0.464 e. The second-order valence-corrected chi connectivity index (χ2v) is 8.96.